The lowest BCUT2D eigenvalue weighted by molar-refractivity contribution is -0.132. The average molecular weight is 490 g/mol. The van der Waals surface area contributed by atoms with Gasteiger partial charge in [0.05, 0.1) is 22.6 Å². The summed E-state index contributed by atoms with van der Waals surface area (Å²) in [4.78, 5) is 17.7. The first-order valence-corrected chi connectivity index (χ1v) is 13.0. The highest BCUT2D eigenvalue weighted by Gasteiger charge is 2.26. The van der Waals surface area contributed by atoms with E-state index in [1.54, 1.807) is 54.3 Å². The quantitative estimate of drug-likeness (QED) is 0.412. The van der Waals surface area contributed by atoms with E-state index in [1.165, 1.54) is 0 Å². The van der Waals surface area contributed by atoms with Gasteiger partial charge in [-0.25, -0.2) is 8.42 Å². The summed E-state index contributed by atoms with van der Waals surface area (Å²) in [5.74, 6) is 0.785. The first-order valence-electron chi connectivity index (χ1n) is 11.5. The third-order valence-corrected chi connectivity index (χ3v) is 8.26. The molecule has 0 saturated carbocycles. The molecule has 1 amide bonds. The van der Waals surface area contributed by atoms with Crippen molar-refractivity contribution in [3.8, 4) is 5.75 Å². The molecule has 1 aliphatic rings. The van der Waals surface area contributed by atoms with E-state index < -0.39 is 9.84 Å². The van der Waals surface area contributed by atoms with Crippen molar-refractivity contribution in [1.82, 2.24) is 9.47 Å². The summed E-state index contributed by atoms with van der Waals surface area (Å²) in [7, 11) is -2.06. The smallest absolute Gasteiger partial charge is 0.242 e. The minimum atomic E-state index is -3.71. The van der Waals surface area contributed by atoms with Crippen LogP contribution in [0.3, 0.4) is 0 Å². The number of para-hydroxylation sites is 3. The van der Waals surface area contributed by atoms with E-state index in [0.717, 1.165) is 17.0 Å². The third-order valence-electron chi connectivity index (χ3n) is 6.46. The molecule has 1 saturated heterocycles. The standard InChI is InChI=1S/C27H27N3O4S/c1-34-25-14-8-7-13-24(25)28-15-17-29(18-16-28)27(31)20-30-19-26(22-11-5-6-12-23(22)30)35(32,33)21-9-3-2-4-10-21/h2-14,19H,15-18,20H2,1H3. The van der Waals surface area contributed by atoms with Gasteiger partial charge in [-0.3, -0.25) is 4.79 Å². The van der Waals surface area contributed by atoms with Gasteiger partial charge in [0.1, 0.15) is 12.3 Å². The Morgan fingerprint density at radius 1 is 0.857 bits per heavy atom. The molecule has 0 N–H and O–H groups in total. The van der Waals surface area contributed by atoms with Gasteiger partial charge in [0.2, 0.25) is 15.7 Å². The maximum absolute atomic E-state index is 13.3. The van der Waals surface area contributed by atoms with E-state index in [2.05, 4.69) is 4.90 Å². The van der Waals surface area contributed by atoms with Crippen LogP contribution in [0.25, 0.3) is 10.9 Å². The van der Waals surface area contributed by atoms with E-state index in [9.17, 15) is 13.2 Å². The second-order valence-electron chi connectivity index (χ2n) is 8.49. The number of anilines is 1. The summed E-state index contributed by atoms with van der Waals surface area (Å²) in [5, 5.41) is 0.616. The SMILES string of the molecule is COc1ccccc1N1CCN(C(=O)Cn2cc(S(=O)(=O)c3ccccc3)c3ccccc32)CC1. The van der Waals surface area contributed by atoms with Crippen LogP contribution in [0.2, 0.25) is 0 Å². The van der Waals surface area contributed by atoms with Crippen molar-refractivity contribution in [1.29, 1.82) is 0 Å². The number of carbonyl (C=O) groups is 1. The highest BCUT2D eigenvalue weighted by atomic mass is 32.2. The van der Waals surface area contributed by atoms with Crippen molar-refractivity contribution in [2.24, 2.45) is 0 Å². The highest BCUT2D eigenvalue weighted by Crippen LogP contribution is 2.31. The summed E-state index contributed by atoms with van der Waals surface area (Å²) in [6.45, 7) is 2.66. The zero-order valence-corrected chi connectivity index (χ0v) is 20.3. The van der Waals surface area contributed by atoms with Gasteiger partial charge in [-0.1, -0.05) is 48.5 Å². The lowest BCUT2D eigenvalue weighted by Gasteiger charge is -2.36. The predicted octanol–water partition coefficient (Wildman–Crippen LogP) is 3.83. The predicted molar refractivity (Wildman–Crippen MR) is 136 cm³/mol. The largest absolute Gasteiger partial charge is 0.495 e. The van der Waals surface area contributed by atoms with Crippen molar-refractivity contribution in [3.63, 3.8) is 0 Å². The van der Waals surface area contributed by atoms with Gasteiger partial charge in [-0.15, -0.1) is 0 Å². The van der Waals surface area contributed by atoms with Crippen LogP contribution in [0.1, 0.15) is 0 Å². The lowest BCUT2D eigenvalue weighted by atomic mass is 10.2. The van der Waals surface area contributed by atoms with E-state index in [0.29, 0.717) is 31.6 Å². The van der Waals surface area contributed by atoms with E-state index >= 15 is 0 Å². The molecule has 1 aromatic heterocycles. The monoisotopic (exact) mass is 489 g/mol. The maximum atomic E-state index is 13.3. The fourth-order valence-corrected chi connectivity index (χ4v) is 6.12. The molecule has 1 aliphatic heterocycles. The minimum Gasteiger partial charge on any atom is -0.495 e. The van der Waals surface area contributed by atoms with Crippen LogP contribution in [0.15, 0.2) is 94.9 Å². The first-order chi connectivity index (χ1) is 17.0. The molecule has 8 heteroatoms. The van der Waals surface area contributed by atoms with Crippen molar-refractivity contribution in [2.75, 3.05) is 38.2 Å². The van der Waals surface area contributed by atoms with Crippen LogP contribution in [-0.4, -0.2) is 57.1 Å². The Morgan fingerprint density at radius 3 is 2.26 bits per heavy atom. The van der Waals surface area contributed by atoms with Crippen LogP contribution in [0, 0.1) is 0 Å². The van der Waals surface area contributed by atoms with Gasteiger partial charge >= 0.3 is 0 Å². The Labute approximate surface area is 205 Å². The normalized spacial score (nSPS) is 14.3. The zero-order chi connectivity index (χ0) is 24.4. The van der Waals surface area contributed by atoms with Crippen LogP contribution < -0.4 is 9.64 Å². The molecule has 4 aromatic rings. The van der Waals surface area contributed by atoms with E-state index in [1.807, 2.05) is 47.4 Å². The summed E-state index contributed by atoms with van der Waals surface area (Å²) in [6, 6.07) is 23.6. The Balaban J connectivity index is 1.36. The molecule has 0 bridgehead atoms. The maximum Gasteiger partial charge on any atom is 0.242 e. The fourth-order valence-electron chi connectivity index (χ4n) is 4.62. The molecule has 7 nitrogen and oxygen atoms in total. The van der Waals surface area contributed by atoms with Crippen LogP contribution in [-0.2, 0) is 21.2 Å². The molecule has 2 heterocycles. The molecule has 0 radical (unpaired) electrons. The van der Waals surface area contributed by atoms with Crippen molar-refractivity contribution in [2.45, 2.75) is 16.3 Å². The number of ether oxygens (including phenoxy) is 1. The zero-order valence-electron chi connectivity index (χ0n) is 19.5. The number of nitrogens with zero attached hydrogens (tertiary/aromatic N) is 3. The van der Waals surface area contributed by atoms with Gasteiger partial charge in [0, 0.05) is 43.3 Å². The number of rotatable bonds is 6. The van der Waals surface area contributed by atoms with Gasteiger partial charge < -0.3 is 19.1 Å². The first kappa shape index (κ1) is 23.0. The van der Waals surface area contributed by atoms with Gasteiger partial charge in [-0.05, 0) is 30.3 Å². The van der Waals surface area contributed by atoms with Crippen LogP contribution >= 0.6 is 0 Å². The average Bonchev–Trinajstić information content (AvgIpc) is 3.28. The number of piperazine rings is 1. The van der Waals surface area contributed by atoms with Gasteiger partial charge in [0.15, 0.2) is 0 Å². The number of benzene rings is 3. The molecule has 0 aliphatic carbocycles. The molecule has 35 heavy (non-hydrogen) atoms. The Bertz CT molecular complexity index is 1460. The number of hydrogen-bond donors (Lipinski definition) is 0. The number of amides is 1. The van der Waals surface area contributed by atoms with Gasteiger partial charge in [-0.2, -0.15) is 0 Å². The van der Waals surface area contributed by atoms with E-state index in [4.69, 9.17) is 4.74 Å². The molecule has 3 aromatic carbocycles. The molecule has 1 fully saturated rings. The van der Waals surface area contributed by atoms with Gasteiger partial charge in [0.25, 0.3) is 0 Å². The molecule has 180 valence electrons. The number of fused-ring (bicyclic) bond motifs is 1. The Morgan fingerprint density at radius 2 is 1.51 bits per heavy atom. The van der Waals surface area contributed by atoms with Crippen LogP contribution in [0.4, 0.5) is 5.69 Å². The molecule has 0 spiro atoms. The molecule has 0 unspecified atom stereocenters. The molecule has 5 rings (SSSR count). The number of sulfone groups is 1. The molecule has 0 atom stereocenters. The summed E-state index contributed by atoms with van der Waals surface area (Å²) in [6.07, 6.45) is 1.59. The summed E-state index contributed by atoms with van der Waals surface area (Å²) < 4.78 is 33.9. The van der Waals surface area contributed by atoms with Crippen molar-refractivity contribution >= 4 is 32.3 Å². The van der Waals surface area contributed by atoms with Crippen molar-refractivity contribution in [3.05, 3.63) is 85.1 Å². The third kappa shape index (κ3) is 4.37. The Hall–Kier alpha value is -3.78. The van der Waals surface area contributed by atoms with E-state index in [-0.39, 0.29) is 22.2 Å². The molecular weight excluding hydrogens is 462 g/mol. The molecular formula is C27H27N3O4S. The topological polar surface area (TPSA) is 71.8 Å². The summed E-state index contributed by atoms with van der Waals surface area (Å²) in [5.41, 5.74) is 1.75. The number of methoxy groups -OCH3 is 1. The number of aromatic nitrogens is 1. The van der Waals surface area contributed by atoms with Crippen molar-refractivity contribution < 1.29 is 17.9 Å². The second kappa shape index (κ2) is 9.46. The Kier molecular flexibility index (Phi) is 6.21. The van der Waals surface area contributed by atoms with Crippen LogP contribution in [0.5, 0.6) is 5.75 Å². The lowest BCUT2D eigenvalue weighted by Crippen LogP contribution is -2.49. The fraction of sp³-hybridized carbons (Fsp3) is 0.222. The number of carbonyl (C=O) groups excluding carboxylic acids is 1. The number of hydrogen-bond acceptors (Lipinski definition) is 5. The highest BCUT2D eigenvalue weighted by molar-refractivity contribution is 7.91. The minimum absolute atomic E-state index is 0.0333. The second-order valence-corrected chi connectivity index (χ2v) is 10.4. The summed E-state index contributed by atoms with van der Waals surface area (Å²) >= 11 is 0.